The summed E-state index contributed by atoms with van der Waals surface area (Å²) in [6.07, 6.45) is 0. The Hall–Kier alpha value is -2.34. The Balaban J connectivity index is 2.02. The summed E-state index contributed by atoms with van der Waals surface area (Å²) in [6, 6.07) is 10.6. The fraction of sp³-hybridized carbons (Fsp3) is 0.235. The maximum atomic E-state index is 12.6. The first-order valence-corrected chi connectivity index (χ1v) is 8.79. The number of imidazole rings is 1. The third-order valence-corrected chi connectivity index (χ3v) is 5.24. The van der Waals surface area contributed by atoms with Gasteiger partial charge in [0, 0.05) is 12.7 Å². The molecular formula is C17H19N3O2S. The number of hydrogen-bond donors (Lipinski definition) is 1. The van der Waals surface area contributed by atoms with E-state index in [0.717, 1.165) is 22.5 Å². The minimum Gasteiger partial charge on any atom is -0.331 e. The Kier molecular flexibility index (Phi) is 3.64. The largest absolute Gasteiger partial charge is 0.331 e. The number of benzene rings is 2. The SMILES string of the molecule is Cc1cc(C)cc(NS(=O)(=O)c2ccc3c(c2)nc(C)n3C)c1. The standard InChI is InChI=1S/C17H19N3O2S/c1-11-7-12(2)9-14(8-11)19-23(21,22)15-5-6-17-16(10-15)18-13(3)20(17)4/h5-10,19H,1-4H3. The van der Waals surface area contributed by atoms with Crippen LogP contribution in [0, 0.1) is 20.8 Å². The number of nitrogens with one attached hydrogen (secondary N) is 1. The molecular weight excluding hydrogens is 310 g/mol. The molecule has 6 heteroatoms. The molecule has 1 heterocycles. The van der Waals surface area contributed by atoms with E-state index in [1.54, 1.807) is 18.2 Å². The molecule has 0 unspecified atom stereocenters. The van der Waals surface area contributed by atoms with Gasteiger partial charge in [0.2, 0.25) is 0 Å². The zero-order chi connectivity index (χ0) is 16.8. The molecule has 0 bridgehead atoms. The van der Waals surface area contributed by atoms with Crippen LogP contribution in [0.3, 0.4) is 0 Å². The van der Waals surface area contributed by atoms with Gasteiger partial charge in [-0.25, -0.2) is 13.4 Å². The van der Waals surface area contributed by atoms with E-state index in [4.69, 9.17) is 0 Å². The van der Waals surface area contributed by atoms with Crippen LogP contribution in [0.5, 0.6) is 0 Å². The second-order valence-corrected chi connectivity index (χ2v) is 7.53. The van der Waals surface area contributed by atoms with Gasteiger partial charge in [0.1, 0.15) is 5.82 Å². The summed E-state index contributed by atoms with van der Waals surface area (Å²) in [5.74, 6) is 0.844. The molecule has 3 rings (SSSR count). The molecule has 0 saturated heterocycles. The van der Waals surface area contributed by atoms with E-state index in [1.165, 1.54) is 0 Å². The molecule has 0 aliphatic carbocycles. The van der Waals surface area contributed by atoms with Crippen molar-refractivity contribution in [1.82, 2.24) is 9.55 Å². The molecule has 0 radical (unpaired) electrons. The van der Waals surface area contributed by atoms with Crippen molar-refractivity contribution >= 4 is 26.7 Å². The van der Waals surface area contributed by atoms with E-state index in [9.17, 15) is 8.42 Å². The van der Waals surface area contributed by atoms with Crippen molar-refractivity contribution < 1.29 is 8.42 Å². The van der Waals surface area contributed by atoms with Crippen LogP contribution in [-0.2, 0) is 17.1 Å². The number of nitrogens with zero attached hydrogens (tertiary/aromatic N) is 2. The second kappa shape index (κ2) is 5.38. The molecule has 0 fully saturated rings. The quantitative estimate of drug-likeness (QED) is 0.802. The summed E-state index contributed by atoms with van der Waals surface area (Å²) in [6.45, 7) is 5.77. The number of rotatable bonds is 3. The van der Waals surface area contributed by atoms with Gasteiger partial charge in [-0.1, -0.05) is 6.07 Å². The first-order chi connectivity index (χ1) is 10.8. The summed E-state index contributed by atoms with van der Waals surface area (Å²) >= 11 is 0. The van der Waals surface area contributed by atoms with Gasteiger partial charge in [0.25, 0.3) is 10.0 Å². The number of sulfonamides is 1. The fourth-order valence-electron chi connectivity index (χ4n) is 2.71. The van der Waals surface area contributed by atoms with E-state index >= 15 is 0 Å². The third-order valence-electron chi connectivity index (χ3n) is 3.86. The fourth-order valence-corrected chi connectivity index (χ4v) is 3.77. The highest BCUT2D eigenvalue weighted by atomic mass is 32.2. The second-order valence-electron chi connectivity index (χ2n) is 5.85. The smallest absolute Gasteiger partial charge is 0.261 e. The van der Waals surface area contributed by atoms with E-state index in [-0.39, 0.29) is 4.90 Å². The minimum absolute atomic E-state index is 0.210. The lowest BCUT2D eigenvalue weighted by Gasteiger charge is -2.10. The van der Waals surface area contributed by atoms with Gasteiger partial charge < -0.3 is 4.57 Å². The molecule has 0 spiro atoms. The van der Waals surface area contributed by atoms with Gasteiger partial charge in [-0.2, -0.15) is 0 Å². The average molecular weight is 329 g/mol. The predicted molar refractivity (Wildman–Crippen MR) is 92.2 cm³/mol. The highest BCUT2D eigenvalue weighted by Gasteiger charge is 2.16. The molecule has 2 aromatic carbocycles. The first kappa shape index (κ1) is 15.6. The van der Waals surface area contributed by atoms with Crippen LogP contribution in [0.15, 0.2) is 41.3 Å². The summed E-state index contributed by atoms with van der Waals surface area (Å²) in [7, 11) is -1.73. The van der Waals surface area contributed by atoms with E-state index < -0.39 is 10.0 Å². The van der Waals surface area contributed by atoms with Gasteiger partial charge in [0.05, 0.1) is 15.9 Å². The van der Waals surface area contributed by atoms with Crippen LogP contribution in [-0.4, -0.2) is 18.0 Å². The monoisotopic (exact) mass is 329 g/mol. The Bertz CT molecular complexity index is 984. The summed E-state index contributed by atoms with van der Waals surface area (Å²) in [5, 5.41) is 0. The van der Waals surface area contributed by atoms with Crippen LogP contribution in [0.2, 0.25) is 0 Å². The van der Waals surface area contributed by atoms with Crippen LogP contribution >= 0.6 is 0 Å². The zero-order valence-electron chi connectivity index (χ0n) is 13.6. The molecule has 0 aliphatic heterocycles. The first-order valence-electron chi connectivity index (χ1n) is 7.30. The number of aryl methyl sites for hydroxylation is 4. The molecule has 120 valence electrons. The molecule has 1 aromatic heterocycles. The lowest BCUT2D eigenvalue weighted by atomic mass is 10.1. The average Bonchev–Trinajstić information content (AvgIpc) is 2.72. The van der Waals surface area contributed by atoms with Gasteiger partial charge in [-0.3, -0.25) is 4.72 Å². The molecule has 1 N–H and O–H groups in total. The molecule has 3 aromatic rings. The normalized spacial score (nSPS) is 11.8. The Morgan fingerprint density at radius 1 is 1.00 bits per heavy atom. The van der Waals surface area contributed by atoms with Crippen molar-refractivity contribution in [2.45, 2.75) is 25.7 Å². The summed E-state index contributed by atoms with van der Waals surface area (Å²) in [4.78, 5) is 4.60. The maximum Gasteiger partial charge on any atom is 0.261 e. The molecule has 0 amide bonds. The number of hydrogen-bond acceptors (Lipinski definition) is 3. The molecule has 0 aliphatic rings. The summed E-state index contributed by atoms with van der Waals surface area (Å²) in [5.41, 5.74) is 4.18. The van der Waals surface area contributed by atoms with Crippen molar-refractivity contribution in [2.24, 2.45) is 7.05 Å². The van der Waals surface area contributed by atoms with Crippen molar-refractivity contribution in [3.8, 4) is 0 Å². The minimum atomic E-state index is -3.64. The van der Waals surface area contributed by atoms with Gasteiger partial charge in [0.15, 0.2) is 0 Å². The molecule has 0 atom stereocenters. The van der Waals surface area contributed by atoms with Gasteiger partial charge in [-0.15, -0.1) is 0 Å². The number of anilines is 1. The topological polar surface area (TPSA) is 64.0 Å². The maximum absolute atomic E-state index is 12.6. The highest BCUT2D eigenvalue weighted by molar-refractivity contribution is 7.92. The highest BCUT2D eigenvalue weighted by Crippen LogP contribution is 2.22. The molecule has 23 heavy (non-hydrogen) atoms. The third kappa shape index (κ3) is 2.94. The van der Waals surface area contributed by atoms with E-state index in [0.29, 0.717) is 11.2 Å². The number of fused-ring (bicyclic) bond motifs is 1. The Morgan fingerprint density at radius 2 is 1.65 bits per heavy atom. The van der Waals surface area contributed by atoms with Crippen LogP contribution in [0.4, 0.5) is 5.69 Å². The molecule has 5 nitrogen and oxygen atoms in total. The van der Waals surface area contributed by atoms with E-state index in [2.05, 4.69) is 9.71 Å². The van der Waals surface area contributed by atoms with Gasteiger partial charge >= 0.3 is 0 Å². The van der Waals surface area contributed by atoms with Crippen LogP contribution in [0.1, 0.15) is 17.0 Å². The predicted octanol–water partition coefficient (Wildman–Crippen LogP) is 3.30. The van der Waals surface area contributed by atoms with Crippen LogP contribution in [0.25, 0.3) is 11.0 Å². The molecule has 0 saturated carbocycles. The Morgan fingerprint density at radius 3 is 2.30 bits per heavy atom. The zero-order valence-corrected chi connectivity index (χ0v) is 14.4. The lowest BCUT2D eigenvalue weighted by Crippen LogP contribution is -2.13. The van der Waals surface area contributed by atoms with Crippen molar-refractivity contribution in [3.63, 3.8) is 0 Å². The van der Waals surface area contributed by atoms with Crippen molar-refractivity contribution in [2.75, 3.05) is 4.72 Å². The van der Waals surface area contributed by atoms with Gasteiger partial charge in [-0.05, 0) is 62.2 Å². The van der Waals surface area contributed by atoms with Crippen LogP contribution < -0.4 is 4.72 Å². The van der Waals surface area contributed by atoms with Crippen molar-refractivity contribution in [1.29, 1.82) is 0 Å². The summed E-state index contributed by atoms with van der Waals surface area (Å²) < 4.78 is 29.8. The lowest BCUT2D eigenvalue weighted by molar-refractivity contribution is 0.601. The number of aromatic nitrogens is 2. The van der Waals surface area contributed by atoms with Crippen molar-refractivity contribution in [3.05, 3.63) is 53.3 Å². The van der Waals surface area contributed by atoms with E-state index in [1.807, 2.05) is 50.6 Å². The Labute approximate surface area is 136 Å².